The number of fused-ring (bicyclic) bond motifs is 1. The highest BCUT2D eigenvalue weighted by Gasteiger charge is 2.15. The average molecular weight is 316 g/mol. The second kappa shape index (κ2) is 6.41. The average Bonchev–Trinajstić information content (AvgIpc) is 2.95. The number of rotatable bonds is 4. The second-order valence-corrected chi connectivity index (χ2v) is 5.94. The summed E-state index contributed by atoms with van der Waals surface area (Å²) in [7, 11) is 0. The van der Waals surface area contributed by atoms with E-state index in [9.17, 15) is 4.79 Å². The van der Waals surface area contributed by atoms with Gasteiger partial charge in [0.25, 0.3) is 0 Å². The van der Waals surface area contributed by atoms with E-state index in [4.69, 9.17) is 16.3 Å². The van der Waals surface area contributed by atoms with Gasteiger partial charge in [-0.15, -0.1) is 0 Å². The Hall–Kier alpha value is -2.00. The molecule has 0 aromatic heterocycles. The molecule has 1 heterocycles. The number of hydrogen-bond donors (Lipinski definition) is 1. The van der Waals surface area contributed by atoms with Crippen LogP contribution >= 0.6 is 11.6 Å². The quantitative estimate of drug-likeness (QED) is 0.934. The minimum Gasteiger partial charge on any atom is -0.493 e. The van der Waals surface area contributed by atoms with Gasteiger partial charge >= 0.3 is 0 Å². The molecule has 0 saturated carbocycles. The summed E-state index contributed by atoms with van der Waals surface area (Å²) in [4.78, 5) is 12.2. The Morgan fingerprint density at radius 2 is 2.14 bits per heavy atom. The Morgan fingerprint density at radius 1 is 1.32 bits per heavy atom. The van der Waals surface area contributed by atoms with Crippen molar-refractivity contribution in [1.82, 2.24) is 5.32 Å². The second-order valence-electron chi connectivity index (χ2n) is 5.53. The summed E-state index contributed by atoms with van der Waals surface area (Å²) >= 11 is 6.16. The molecular formula is C18H18ClNO2. The highest BCUT2D eigenvalue weighted by atomic mass is 35.5. The first kappa shape index (κ1) is 14.9. The van der Waals surface area contributed by atoms with Crippen molar-refractivity contribution in [1.29, 1.82) is 0 Å². The fourth-order valence-corrected chi connectivity index (χ4v) is 3.03. The smallest absolute Gasteiger partial charge is 0.224 e. The fourth-order valence-electron chi connectivity index (χ4n) is 2.73. The Balaban J connectivity index is 1.64. The molecule has 114 valence electrons. The fraction of sp³-hybridized carbons (Fsp3) is 0.278. The summed E-state index contributed by atoms with van der Waals surface area (Å²) in [6.45, 7) is 2.67. The van der Waals surface area contributed by atoms with Crippen LogP contribution < -0.4 is 10.1 Å². The van der Waals surface area contributed by atoms with Gasteiger partial charge in [-0.05, 0) is 35.7 Å². The summed E-state index contributed by atoms with van der Waals surface area (Å²) in [5.74, 6) is 0.930. The number of carbonyl (C=O) groups is 1. The maximum atomic E-state index is 12.2. The van der Waals surface area contributed by atoms with Gasteiger partial charge in [0.15, 0.2) is 0 Å². The van der Waals surface area contributed by atoms with Crippen LogP contribution in [0.15, 0.2) is 42.5 Å². The van der Waals surface area contributed by atoms with Crippen molar-refractivity contribution in [2.45, 2.75) is 25.8 Å². The summed E-state index contributed by atoms with van der Waals surface area (Å²) in [5.41, 5.74) is 3.12. The first-order valence-corrected chi connectivity index (χ1v) is 7.79. The van der Waals surface area contributed by atoms with Crippen molar-refractivity contribution in [3.8, 4) is 5.75 Å². The third-order valence-electron chi connectivity index (χ3n) is 3.87. The van der Waals surface area contributed by atoms with Gasteiger partial charge < -0.3 is 10.1 Å². The molecule has 0 radical (unpaired) electrons. The third kappa shape index (κ3) is 3.25. The Labute approximate surface area is 135 Å². The molecule has 1 aliphatic rings. The van der Waals surface area contributed by atoms with E-state index in [1.54, 1.807) is 0 Å². The topological polar surface area (TPSA) is 38.3 Å². The normalized spacial score (nSPS) is 14.1. The van der Waals surface area contributed by atoms with Gasteiger partial charge in [0, 0.05) is 11.4 Å². The summed E-state index contributed by atoms with van der Waals surface area (Å²) in [5, 5.41) is 3.67. The molecule has 0 spiro atoms. The van der Waals surface area contributed by atoms with Crippen molar-refractivity contribution in [2.75, 3.05) is 6.61 Å². The molecule has 0 fully saturated rings. The van der Waals surface area contributed by atoms with Crippen LogP contribution in [0.25, 0.3) is 0 Å². The Morgan fingerprint density at radius 3 is 2.95 bits per heavy atom. The molecule has 22 heavy (non-hydrogen) atoms. The number of benzene rings is 2. The first-order valence-electron chi connectivity index (χ1n) is 7.42. The van der Waals surface area contributed by atoms with Gasteiger partial charge in [-0.2, -0.15) is 0 Å². The number of nitrogens with one attached hydrogen (secondary N) is 1. The van der Waals surface area contributed by atoms with Crippen LogP contribution in [0.4, 0.5) is 0 Å². The molecule has 1 aliphatic heterocycles. The largest absolute Gasteiger partial charge is 0.493 e. The molecule has 2 aromatic carbocycles. The molecule has 1 unspecified atom stereocenters. The lowest BCUT2D eigenvalue weighted by atomic mass is 10.0. The molecule has 3 rings (SSSR count). The van der Waals surface area contributed by atoms with Crippen LogP contribution in [0.5, 0.6) is 5.75 Å². The van der Waals surface area contributed by atoms with Crippen molar-refractivity contribution < 1.29 is 9.53 Å². The van der Waals surface area contributed by atoms with Gasteiger partial charge in [-0.25, -0.2) is 0 Å². The molecule has 1 amide bonds. The van der Waals surface area contributed by atoms with Crippen LogP contribution in [-0.2, 0) is 17.6 Å². The van der Waals surface area contributed by atoms with Crippen LogP contribution in [0, 0.1) is 0 Å². The van der Waals surface area contributed by atoms with Crippen molar-refractivity contribution in [2.24, 2.45) is 0 Å². The van der Waals surface area contributed by atoms with Crippen molar-refractivity contribution >= 4 is 17.5 Å². The van der Waals surface area contributed by atoms with E-state index in [-0.39, 0.29) is 11.9 Å². The van der Waals surface area contributed by atoms with Crippen molar-refractivity contribution in [3.05, 3.63) is 64.2 Å². The van der Waals surface area contributed by atoms with E-state index in [1.807, 2.05) is 43.3 Å². The SMILES string of the molecule is CC(NC(=O)Cc1ccc2c(c1)CCO2)c1ccccc1Cl. The zero-order chi connectivity index (χ0) is 15.5. The first-order chi connectivity index (χ1) is 10.6. The maximum absolute atomic E-state index is 12.2. The lowest BCUT2D eigenvalue weighted by Crippen LogP contribution is -2.28. The number of ether oxygens (including phenoxy) is 1. The zero-order valence-electron chi connectivity index (χ0n) is 12.4. The van der Waals surface area contributed by atoms with Gasteiger partial charge in [-0.1, -0.05) is 41.9 Å². The summed E-state index contributed by atoms with van der Waals surface area (Å²) in [6, 6.07) is 13.4. The predicted octanol–water partition coefficient (Wildman–Crippen LogP) is 3.69. The minimum absolute atomic E-state index is 0.00807. The van der Waals surface area contributed by atoms with E-state index in [0.717, 1.165) is 29.9 Å². The monoisotopic (exact) mass is 315 g/mol. The van der Waals surface area contributed by atoms with E-state index >= 15 is 0 Å². The van der Waals surface area contributed by atoms with E-state index in [1.165, 1.54) is 5.56 Å². The van der Waals surface area contributed by atoms with E-state index < -0.39 is 0 Å². The lowest BCUT2D eigenvalue weighted by Gasteiger charge is -2.16. The molecule has 0 aliphatic carbocycles. The Bertz CT molecular complexity index is 699. The van der Waals surface area contributed by atoms with Gasteiger partial charge in [0.2, 0.25) is 5.91 Å². The third-order valence-corrected chi connectivity index (χ3v) is 4.21. The minimum atomic E-state index is -0.112. The predicted molar refractivity (Wildman–Crippen MR) is 87.4 cm³/mol. The van der Waals surface area contributed by atoms with Gasteiger partial charge in [-0.3, -0.25) is 4.79 Å². The molecular weight excluding hydrogens is 298 g/mol. The van der Waals surface area contributed by atoms with E-state index in [0.29, 0.717) is 11.4 Å². The number of hydrogen-bond acceptors (Lipinski definition) is 2. The highest BCUT2D eigenvalue weighted by molar-refractivity contribution is 6.31. The van der Waals surface area contributed by atoms with Crippen molar-refractivity contribution in [3.63, 3.8) is 0 Å². The zero-order valence-corrected chi connectivity index (χ0v) is 13.2. The van der Waals surface area contributed by atoms with Gasteiger partial charge in [0.1, 0.15) is 5.75 Å². The molecule has 2 aromatic rings. The number of amides is 1. The Kier molecular flexibility index (Phi) is 4.34. The van der Waals surface area contributed by atoms with Crippen LogP contribution in [0.2, 0.25) is 5.02 Å². The molecule has 0 saturated heterocycles. The molecule has 4 heteroatoms. The van der Waals surface area contributed by atoms with Crippen LogP contribution in [-0.4, -0.2) is 12.5 Å². The number of carbonyl (C=O) groups excluding carboxylic acids is 1. The molecule has 0 bridgehead atoms. The van der Waals surface area contributed by atoms with Gasteiger partial charge in [0.05, 0.1) is 19.1 Å². The standard InChI is InChI=1S/C18H18ClNO2/c1-12(15-4-2-3-5-16(15)19)20-18(21)11-13-6-7-17-14(10-13)8-9-22-17/h2-7,10,12H,8-9,11H2,1H3,(H,20,21). The number of halogens is 1. The van der Waals surface area contributed by atoms with Crippen LogP contribution in [0.3, 0.4) is 0 Å². The van der Waals surface area contributed by atoms with E-state index in [2.05, 4.69) is 11.4 Å². The molecule has 1 atom stereocenters. The maximum Gasteiger partial charge on any atom is 0.224 e. The summed E-state index contributed by atoms with van der Waals surface area (Å²) in [6.07, 6.45) is 1.28. The molecule has 3 nitrogen and oxygen atoms in total. The highest BCUT2D eigenvalue weighted by Crippen LogP contribution is 2.26. The molecule has 1 N–H and O–H groups in total. The summed E-state index contributed by atoms with van der Waals surface area (Å²) < 4.78 is 5.48. The van der Waals surface area contributed by atoms with Crippen LogP contribution in [0.1, 0.15) is 29.7 Å². The lowest BCUT2D eigenvalue weighted by molar-refractivity contribution is -0.121.